The van der Waals surface area contributed by atoms with Gasteiger partial charge >= 0.3 is 0 Å². The van der Waals surface area contributed by atoms with Gasteiger partial charge in [0.2, 0.25) is 5.91 Å². The fourth-order valence-corrected chi connectivity index (χ4v) is 3.84. The van der Waals surface area contributed by atoms with Crippen LogP contribution in [-0.4, -0.2) is 38.0 Å². The van der Waals surface area contributed by atoms with Gasteiger partial charge in [-0.3, -0.25) is 9.79 Å². The third-order valence-corrected chi connectivity index (χ3v) is 5.50. The van der Waals surface area contributed by atoms with Crippen molar-refractivity contribution in [1.29, 1.82) is 0 Å². The molecule has 4 N–H and O–H groups in total. The number of nitrogens with two attached hydrogens (primary N) is 1. The molecular formula is C19H26IN5OS. The van der Waals surface area contributed by atoms with E-state index in [9.17, 15) is 4.79 Å². The Balaban J connectivity index is 0.00000261. The number of guanidine groups is 1. The second kappa shape index (κ2) is 10.5. The normalized spacial score (nSPS) is 15.1. The van der Waals surface area contributed by atoms with Crippen LogP contribution in [0.3, 0.4) is 0 Å². The molecule has 1 aliphatic rings. The molecule has 1 amide bonds. The summed E-state index contributed by atoms with van der Waals surface area (Å²) in [7, 11) is 1.78. The van der Waals surface area contributed by atoms with Gasteiger partial charge in [0.05, 0.1) is 5.00 Å². The first-order chi connectivity index (χ1) is 12.7. The first-order valence-corrected chi connectivity index (χ1v) is 9.68. The number of hydrogen-bond donors (Lipinski definition) is 3. The standard InChI is InChI=1S/C19H25N5OS.HI/c1-21-19(22-13-14-4-6-15(7-5-14)18(20)25)23-16-8-10-24(11-9-16)17-3-2-12-26-17;/h2-7,12,16H,8-11,13H2,1H3,(H2,20,25)(H2,21,22,23);1H. The van der Waals surface area contributed by atoms with Crippen molar-refractivity contribution in [3.8, 4) is 0 Å². The first kappa shape index (κ1) is 21.5. The molecule has 0 saturated carbocycles. The van der Waals surface area contributed by atoms with E-state index in [0.717, 1.165) is 37.5 Å². The molecular weight excluding hydrogens is 473 g/mol. The van der Waals surface area contributed by atoms with E-state index in [1.165, 1.54) is 5.00 Å². The number of nitrogens with one attached hydrogen (secondary N) is 2. The highest BCUT2D eigenvalue weighted by Crippen LogP contribution is 2.24. The molecule has 1 fully saturated rings. The third kappa shape index (κ3) is 6.10. The highest BCUT2D eigenvalue weighted by molar-refractivity contribution is 14.0. The molecule has 1 aromatic carbocycles. The molecule has 3 rings (SSSR count). The molecule has 0 unspecified atom stereocenters. The third-order valence-electron chi connectivity index (χ3n) is 4.58. The molecule has 0 atom stereocenters. The van der Waals surface area contributed by atoms with E-state index in [2.05, 4.69) is 38.0 Å². The van der Waals surface area contributed by atoms with E-state index in [1.807, 2.05) is 12.1 Å². The summed E-state index contributed by atoms with van der Waals surface area (Å²) in [6.07, 6.45) is 2.18. The molecule has 8 heteroatoms. The second-order valence-electron chi connectivity index (χ2n) is 6.34. The lowest BCUT2D eigenvalue weighted by atomic mass is 10.1. The number of hydrogen-bond acceptors (Lipinski definition) is 4. The molecule has 6 nitrogen and oxygen atoms in total. The molecule has 27 heavy (non-hydrogen) atoms. The first-order valence-electron chi connectivity index (χ1n) is 8.80. The van der Waals surface area contributed by atoms with Crippen molar-refractivity contribution in [1.82, 2.24) is 10.6 Å². The summed E-state index contributed by atoms with van der Waals surface area (Å²) in [5, 5.41) is 10.3. The number of benzene rings is 1. The molecule has 146 valence electrons. The molecule has 0 bridgehead atoms. The minimum Gasteiger partial charge on any atom is -0.366 e. The molecule has 0 aliphatic carbocycles. The van der Waals surface area contributed by atoms with Gasteiger partial charge in [-0.05, 0) is 48.1 Å². The van der Waals surface area contributed by atoms with Gasteiger partial charge in [-0.25, -0.2) is 0 Å². The van der Waals surface area contributed by atoms with E-state index in [0.29, 0.717) is 18.2 Å². The summed E-state index contributed by atoms with van der Waals surface area (Å²) in [6.45, 7) is 2.76. The summed E-state index contributed by atoms with van der Waals surface area (Å²) < 4.78 is 0. The lowest BCUT2D eigenvalue weighted by molar-refractivity contribution is 0.100. The zero-order valence-electron chi connectivity index (χ0n) is 15.4. The number of aliphatic imine (C=N–C) groups is 1. The van der Waals surface area contributed by atoms with Crippen LogP contribution < -0.4 is 21.3 Å². The van der Waals surface area contributed by atoms with E-state index in [4.69, 9.17) is 5.73 Å². The summed E-state index contributed by atoms with van der Waals surface area (Å²) in [6, 6.07) is 12.0. The lowest BCUT2D eigenvalue weighted by Crippen LogP contribution is -2.48. The number of thiophene rings is 1. The van der Waals surface area contributed by atoms with Crippen molar-refractivity contribution >= 4 is 52.2 Å². The Kier molecular flexibility index (Phi) is 8.36. The van der Waals surface area contributed by atoms with Crippen LogP contribution >= 0.6 is 35.3 Å². The number of carbonyl (C=O) groups excluding carboxylic acids is 1. The number of anilines is 1. The smallest absolute Gasteiger partial charge is 0.248 e. The predicted molar refractivity (Wildman–Crippen MR) is 123 cm³/mol. The van der Waals surface area contributed by atoms with Crippen LogP contribution in [0, 0.1) is 0 Å². The fraction of sp³-hybridized carbons (Fsp3) is 0.368. The van der Waals surface area contributed by atoms with Crippen molar-refractivity contribution in [2.75, 3.05) is 25.0 Å². The van der Waals surface area contributed by atoms with Crippen molar-refractivity contribution in [3.63, 3.8) is 0 Å². The highest BCUT2D eigenvalue weighted by Gasteiger charge is 2.20. The molecule has 1 aliphatic heterocycles. The molecule has 2 aromatic rings. The van der Waals surface area contributed by atoms with Crippen LogP contribution in [-0.2, 0) is 6.54 Å². The van der Waals surface area contributed by atoms with Crippen molar-refractivity contribution in [3.05, 3.63) is 52.9 Å². The van der Waals surface area contributed by atoms with Gasteiger partial charge in [0.1, 0.15) is 0 Å². The van der Waals surface area contributed by atoms with Crippen molar-refractivity contribution in [2.45, 2.75) is 25.4 Å². The van der Waals surface area contributed by atoms with E-state index >= 15 is 0 Å². The Morgan fingerprint density at radius 2 is 1.96 bits per heavy atom. The Morgan fingerprint density at radius 3 is 2.52 bits per heavy atom. The maximum Gasteiger partial charge on any atom is 0.248 e. The number of piperidine rings is 1. The quantitative estimate of drug-likeness (QED) is 0.336. The number of nitrogens with zero attached hydrogens (tertiary/aromatic N) is 2. The fourth-order valence-electron chi connectivity index (χ4n) is 3.05. The largest absolute Gasteiger partial charge is 0.366 e. The van der Waals surface area contributed by atoms with E-state index < -0.39 is 5.91 Å². The average Bonchev–Trinajstić information content (AvgIpc) is 3.20. The van der Waals surface area contributed by atoms with Gasteiger partial charge in [-0.1, -0.05) is 12.1 Å². The van der Waals surface area contributed by atoms with Crippen LogP contribution in [0.4, 0.5) is 5.00 Å². The van der Waals surface area contributed by atoms with Crippen molar-refractivity contribution in [2.24, 2.45) is 10.7 Å². The minimum absolute atomic E-state index is 0. The number of rotatable bonds is 5. The number of halogens is 1. The lowest BCUT2D eigenvalue weighted by Gasteiger charge is -2.33. The Bertz CT molecular complexity index is 740. The SMILES string of the molecule is CN=C(NCc1ccc(C(N)=O)cc1)NC1CCN(c2cccs2)CC1.I. The van der Waals surface area contributed by atoms with Gasteiger partial charge in [-0.15, -0.1) is 35.3 Å². The zero-order valence-corrected chi connectivity index (χ0v) is 18.5. The zero-order chi connectivity index (χ0) is 18.4. The monoisotopic (exact) mass is 499 g/mol. The topological polar surface area (TPSA) is 82.7 Å². The molecule has 1 aromatic heterocycles. The Morgan fingerprint density at radius 1 is 1.26 bits per heavy atom. The van der Waals surface area contributed by atoms with Gasteiger partial charge in [0, 0.05) is 38.3 Å². The summed E-state index contributed by atoms with van der Waals surface area (Å²) in [5.74, 6) is 0.398. The summed E-state index contributed by atoms with van der Waals surface area (Å²) in [5.41, 5.74) is 6.86. The number of carbonyl (C=O) groups is 1. The maximum atomic E-state index is 11.1. The average molecular weight is 499 g/mol. The minimum atomic E-state index is -0.407. The number of primary amides is 1. The van der Waals surface area contributed by atoms with Gasteiger partial charge in [0.15, 0.2) is 5.96 Å². The van der Waals surface area contributed by atoms with Gasteiger partial charge in [0.25, 0.3) is 0 Å². The Hall–Kier alpha value is -1.81. The van der Waals surface area contributed by atoms with Crippen molar-refractivity contribution < 1.29 is 4.79 Å². The van der Waals surface area contributed by atoms with Crippen LogP contribution in [0.5, 0.6) is 0 Å². The van der Waals surface area contributed by atoms with Crippen LogP contribution in [0.15, 0.2) is 46.8 Å². The highest BCUT2D eigenvalue weighted by atomic mass is 127. The predicted octanol–water partition coefficient (Wildman–Crippen LogP) is 2.80. The number of amides is 1. The summed E-state index contributed by atoms with van der Waals surface area (Å²) >= 11 is 1.80. The molecule has 0 spiro atoms. The van der Waals surface area contributed by atoms with Crippen LogP contribution in [0.1, 0.15) is 28.8 Å². The maximum absolute atomic E-state index is 11.1. The molecule has 2 heterocycles. The molecule has 0 radical (unpaired) electrons. The van der Waals surface area contributed by atoms with Crippen LogP contribution in [0.2, 0.25) is 0 Å². The Labute approximate surface area is 181 Å². The van der Waals surface area contributed by atoms with Gasteiger partial charge < -0.3 is 21.3 Å². The van der Waals surface area contributed by atoms with E-state index in [1.54, 1.807) is 30.5 Å². The van der Waals surface area contributed by atoms with E-state index in [-0.39, 0.29) is 24.0 Å². The van der Waals surface area contributed by atoms with Crippen LogP contribution in [0.25, 0.3) is 0 Å². The second-order valence-corrected chi connectivity index (χ2v) is 7.27. The van der Waals surface area contributed by atoms with Gasteiger partial charge in [-0.2, -0.15) is 0 Å². The molecule has 1 saturated heterocycles. The summed E-state index contributed by atoms with van der Waals surface area (Å²) in [4.78, 5) is 17.9.